The van der Waals surface area contributed by atoms with Gasteiger partial charge in [0.1, 0.15) is 0 Å². The molecular formula is C16H31F3N2. The number of rotatable bonds is 7. The van der Waals surface area contributed by atoms with E-state index in [1.165, 1.54) is 0 Å². The molecule has 0 aliphatic heterocycles. The first-order valence-electron chi connectivity index (χ1n) is 8.19. The molecular weight excluding hydrogens is 277 g/mol. The van der Waals surface area contributed by atoms with Gasteiger partial charge >= 0.3 is 6.18 Å². The summed E-state index contributed by atoms with van der Waals surface area (Å²) < 4.78 is 38.4. The van der Waals surface area contributed by atoms with Gasteiger partial charge in [0.15, 0.2) is 0 Å². The summed E-state index contributed by atoms with van der Waals surface area (Å²) in [5, 5.41) is 3.37. The summed E-state index contributed by atoms with van der Waals surface area (Å²) in [4.78, 5) is 1.60. The second-order valence-corrected chi connectivity index (χ2v) is 7.08. The molecule has 1 aliphatic carbocycles. The van der Waals surface area contributed by atoms with Gasteiger partial charge in [-0.25, -0.2) is 0 Å². The van der Waals surface area contributed by atoms with Crippen molar-refractivity contribution < 1.29 is 13.2 Å². The molecule has 0 saturated heterocycles. The lowest BCUT2D eigenvalue weighted by atomic mass is 9.70. The highest BCUT2D eigenvalue weighted by atomic mass is 19.4. The lowest BCUT2D eigenvalue weighted by Gasteiger charge is -2.44. The van der Waals surface area contributed by atoms with Crippen LogP contribution in [0.1, 0.15) is 53.4 Å². The third kappa shape index (κ3) is 6.55. The van der Waals surface area contributed by atoms with Crippen molar-refractivity contribution in [2.75, 3.05) is 26.2 Å². The Morgan fingerprint density at radius 2 is 1.81 bits per heavy atom. The summed E-state index contributed by atoms with van der Waals surface area (Å²) in [6.07, 6.45) is 0.197. The van der Waals surface area contributed by atoms with Crippen LogP contribution in [0.3, 0.4) is 0 Å². The number of hydrogen-bond acceptors (Lipinski definition) is 2. The normalized spacial score (nSPS) is 27.6. The molecule has 0 bridgehead atoms. The van der Waals surface area contributed by atoms with Crippen LogP contribution in [-0.2, 0) is 0 Å². The number of nitrogens with zero attached hydrogens (tertiary/aromatic N) is 1. The van der Waals surface area contributed by atoms with E-state index in [1.807, 2.05) is 13.8 Å². The maximum atomic E-state index is 12.8. The highest BCUT2D eigenvalue weighted by molar-refractivity contribution is 4.90. The van der Waals surface area contributed by atoms with Crippen LogP contribution in [0.15, 0.2) is 0 Å². The molecule has 0 heterocycles. The van der Waals surface area contributed by atoms with E-state index in [1.54, 1.807) is 4.90 Å². The maximum Gasteiger partial charge on any atom is 0.401 e. The van der Waals surface area contributed by atoms with Crippen LogP contribution < -0.4 is 5.32 Å². The summed E-state index contributed by atoms with van der Waals surface area (Å²) in [6, 6.07) is -0.0792. The summed E-state index contributed by atoms with van der Waals surface area (Å²) in [7, 11) is 0. The zero-order valence-electron chi connectivity index (χ0n) is 13.9. The number of halogens is 3. The topological polar surface area (TPSA) is 15.3 Å². The Balaban J connectivity index is 2.77. The predicted molar refractivity (Wildman–Crippen MR) is 81.4 cm³/mol. The summed E-state index contributed by atoms with van der Waals surface area (Å²) in [5.74, 6) is 0.704. The Morgan fingerprint density at radius 3 is 2.24 bits per heavy atom. The Bertz CT molecular complexity index is 289. The fourth-order valence-electron chi connectivity index (χ4n) is 3.24. The average molecular weight is 308 g/mol. The van der Waals surface area contributed by atoms with Gasteiger partial charge < -0.3 is 5.32 Å². The van der Waals surface area contributed by atoms with Gasteiger partial charge in [-0.1, -0.05) is 26.7 Å². The van der Waals surface area contributed by atoms with Gasteiger partial charge in [-0.3, -0.25) is 4.90 Å². The first-order chi connectivity index (χ1) is 9.67. The van der Waals surface area contributed by atoms with Crippen LogP contribution in [0.4, 0.5) is 13.2 Å². The van der Waals surface area contributed by atoms with Gasteiger partial charge in [0, 0.05) is 19.1 Å². The van der Waals surface area contributed by atoms with E-state index < -0.39 is 12.7 Å². The molecule has 1 rings (SSSR count). The van der Waals surface area contributed by atoms with Gasteiger partial charge in [0.05, 0.1) is 6.54 Å². The van der Waals surface area contributed by atoms with Crippen molar-refractivity contribution >= 4 is 0 Å². The molecule has 0 spiro atoms. The molecule has 1 fully saturated rings. The van der Waals surface area contributed by atoms with E-state index in [0.29, 0.717) is 12.5 Å². The number of nitrogens with one attached hydrogen (secondary N) is 1. The summed E-state index contributed by atoms with van der Waals surface area (Å²) in [6.45, 7) is 9.46. The SMILES string of the molecule is CCNCC1(CN(CC(F)(F)F)C(C)C)CCC(C)CC1. The van der Waals surface area contributed by atoms with Crippen LogP contribution in [0.25, 0.3) is 0 Å². The molecule has 21 heavy (non-hydrogen) atoms. The largest absolute Gasteiger partial charge is 0.401 e. The van der Waals surface area contributed by atoms with Crippen LogP contribution in [-0.4, -0.2) is 43.3 Å². The fraction of sp³-hybridized carbons (Fsp3) is 1.00. The van der Waals surface area contributed by atoms with Gasteiger partial charge in [0.25, 0.3) is 0 Å². The molecule has 1 N–H and O–H groups in total. The highest BCUT2D eigenvalue weighted by Gasteiger charge is 2.39. The van der Waals surface area contributed by atoms with E-state index in [-0.39, 0.29) is 11.5 Å². The predicted octanol–water partition coefficient (Wildman–Crippen LogP) is 4.07. The van der Waals surface area contributed by atoms with Crippen molar-refractivity contribution in [3.63, 3.8) is 0 Å². The molecule has 0 aromatic rings. The second-order valence-electron chi connectivity index (χ2n) is 7.08. The first kappa shape index (κ1) is 18.8. The standard InChI is InChI=1S/C16H31F3N2/c1-5-20-10-15(8-6-14(4)7-9-15)11-21(13(2)3)12-16(17,18)19/h13-14,20H,5-12H2,1-4H3. The van der Waals surface area contributed by atoms with Crippen molar-refractivity contribution in [3.05, 3.63) is 0 Å². The first-order valence-corrected chi connectivity index (χ1v) is 8.19. The minimum atomic E-state index is -4.12. The Morgan fingerprint density at radius 1 is 1.24 bits per heavy atom. The second kappa shape index (κ2) is 7.82. The zero-order chi connectivity index (χ0) is 16.1. The van der Waals surface area contributed by atoms with E-state index in [0.717, 1.165) is 38.8 Å². The molecule has 0 aromatic carbocycles. The Labute approximate surface area is 127 Å². The highest BCUT2D eigenvalue weighted by Crippen LogP contribution is 2.40. The van der Waals surface area contributed by atoms with Crippen LogP contribution in [0.5, 0.6) is 0 Å². The Hall–Kier alpha value is -0.290. The van der Waals surface area contributed by atoms with E-state index in [4.69, 9.17) is 0 Å². The van der Waals surface area contributed by atoms with E-state index >= 15 is 0 Å². The molecule has 0 radical (unpaired) electrons. The smallest absolute Gasteiger partial charge is 0.316 e. The van der Waals surface area contributed by atoms with Crippen molar-refractivity contribution in [1.29, 1.82) is 0 Å². The van der Waals surface area contributed by atoms with Crippen molar-refractivity contribution in [2.24, 2.45) is 11.3 Å². The summed E-state index contributed by atoms with van der Waals surface area (Å²) in [5.41, 5.74) is -0.00194. The van der Waals surface area contributed by atoms with Gasteiger partial charge in [-0.2, -0.15) is 13.2 Å². The number of alkyl halides is 3. The molecule has 0 aromatic heterocycles. The van der Waals surface area contributed by atoms with Crippen molar-refractivity contribution in [2.45, 2.75) is 65.6 Å². The summed E-state index contributed by atoms with van der Waals surface area (Å²) >= 11 is 0. The maximum absolute atomic E-state index is 12.8. The lowest BCUT2D eigenvalue weighted by Crippen LogP contribution is -2.50. The lowest BCUT2D eigenvalue weighted by molar-refractivity contribution is -0.154. The van der Waals surface area contributed by atoms with Crippen molar-refractivity contribution in [1.82, 2.24) is 10.2 Å². The molecule has 126 valence electrons. The molecule has 1 aliphatic rings. The van der Waals surface area contributed by atoms with E-state index in [9.17, 15) is 13.2 Å². The minimum absolute atomic E-state index is 0.00194. The van der Waals surface area contributed by atoms with Crippen molar-refractivity contribution in [3.8, 4) is 0 Å². The molecule has 0 unspecified atom stereocenters. The van der Waals surface area contributed by atoms with Gasteiger partial charge in [-0.15, -0.1) is 0 Å². The monoisotopic (exact) mass is 308 g/mol. The van der Waals surface area contributed by atoms with E-state index in [2.05, 4.69) is 19.2 Å². The minimum Gasteiger partial charge on any atom is -0.316 e. The molecule has 5 heteroatoms. The molecule has 0 amide bonds. The number of hydrogen-bond donors (Lipinski definition) is 1. The van der Waals surface area contributed by atoms with Crippen LogP contribution >= 0.6 is 0 Å². The quantitative estimate of drug-likeness (QED) is 0.763. The van der Waals surface area contributed by atoms with Crippen LogP contribution in [0, 0.1) is 11.3 Å². The van der Waals surface area contributed by atoms with Gasteiger partial charge in [0.2, 0.25) is 0 Å². The third-order valence-corrected chi connectivity index (χ3v) is 4.74. The average Bonchev–Trinajstić information content (AvgIpc) is 2.37. The molecule has 1 saturated carbocycles. The Kier molecular flexibility index (Phi) is 6.98. The van der Waals surface area contributed by atoms with Crippen LogP contribution in [0.2, 0.25) is 0 Å². The molecule has 2 nitrogen and oxygen atoms in total. The molecule has 0 atom stereocenters. The third-order valence-electron chi connectivity index (χ3n) is 4.74. The zero-order valence-corrected chi connectivity index (χ0v) is 13.9. The van der Waals surface area contributed by atoms with Gasteiger partial charge in [-0.05, 0) is 44.6 Å². The fourth-order valence-corrected chi connectivity index (χ4v) is 3.24.